The molecule has 0 radical (unpaired) electrons. The van der Waals surface area contributed by atoms with Crippen molar-refractivity contribution in [1.82, 2.24) is 10.2 Å². The number of halogens is 1. The second-order valence-electron chi connectivity index (χ2n) is 13.5. The molecular formula is C40H42ClN5O3. The van der Waals surface area contributed by atoms with Gasteiger partial charge in [-0.3, -0.25) is 24.6 Å². The Morgan fingerprint density at radius 1 is 0.878 bits per heavy atom. The SMILES string of the molecule is CC(=O)N1c2ccc(-c3ccc(N4CCN(Cc5ccc(C6CCC(=O)NC6=O)cc5)CC4)cc3)cc2C(Nc2ccc(Cl)cc2)CC1C. The minimum Gasteiger partial charge on any atom is -0.378 e. The van der Waals surface area contributed by atoms with E-state index in [2.05, 4.69) is 82.0 Å². The number of benzene rings is 4. The quantitative estimate of drug-likeness (QED) is 0.203. The van der Waals surface area contributed by atoms with Crippen LogP contribution >= 0.6 is 11.6 Å². The summed E-state index contributed by atoms with van der Waals surface area (Å²) in [4.78, 5) is 43.3. The van der Waals surface area contributed by atoms with Gasteiger partial charge in [-0.15, -0.1) is 0 Å². The molecule has 0 aliphatic carbocycles. The van der Waals surface area contributed by atoms with Crippen LogP contribution in [0.5, 0.6) is 0 Å². The highest BCUT2D eigenvalue weighted by Crippen LogP contribution is 2.41. The highest BCUT2D eigenvalue weighted by molar-refractivity contribution is 6.30. The first-order valence-electron chi connectivity index (χ1n) is 17.2. The molecule has 4 aromatic rings. The number of carbonyl (C=O) groups is 3. The fraction of sp³-hybridized carbons (Fsp3) is 0.325. The number of amides is 3. The maximum atomic E-state index is 12.7. The van der Waals surface area contributed by atoms with Gasteiger partial charge in [0.25, 0.3) is 0 Å². The highest BCUT2D eigenvalue weighted by Gasteiger charge is 2.33. The first-order valence-corrected chi connectivity index (χ1v) is 17.6. The van der Waals surface area contributed by atoms with Crippen LogP contribution < -0.4 is 20.4 Å². The van der Waals surface area contributed by atoms with E-state index in [-0.39, 0.29) is 35.7 Å². The number of piperidine rings is 1. The molecule has 3 unspecified atom stereocenters. The van der Waals surface area contributed by atoms with Crippen LogP contribution in [0.25, 0.3) is 11.1 Å². The van der Waals surface area contributed by atoms with Crippen LogP contribution in [0, 0.1) is 0 Å². The minimum atomic E-state index is -0.246. The number of fused-ring (bicyclic) bond motifs is 1. The van der Waals surface area contributed by atoms with Crippen LogP contribution in [0.4, 0.5) is 17.1 Å². The van der Waals surface area contributed by atoms with E-state index in [0.29, 0.717) is 17.9 Å². The van der Waals surface area contributed by atoms with Gasteiger partial charge < -0.3 is 15.1 Å². The van der Waals surface area contributed by atoms with Crippen molar-refractivity contribution in [3.63, 3.8) is 0 Å². The number of hydrogen-bond donors (Lipinski definition) is 2. The van der Waals surface area contributed by atoms with Gasteiger partial charge in [0.05, 0.1) is 12.0 Å². The van der Waals surface area contributed by atoms with Crippen molar-refractivity contribution in [2.24, 2.45) is 0 Å². The maximum Gasteiger partial charge on any atom is 0.234 e. The monoisotopic (exact) mass is 675 g/mol. The summed E-state index contributed by atoms with van der Waals surface area (Å²) >= 11 is 6.14. The van der Waals surface area contributed by atoms with Crippen LogP contribution in [-0.4, -0.2) is 54.8 Å². The molecule has 0 spiro atoms. The molecule has 3 atom stereocenters. The number of anilines is 3. The van der Waals surface area contributed by atoms with Crippen molar-refractivity contribution in [2.75, 3.05) is 41.3 Å². The van der Waals surface area contributed by atoms with Crippen molar-refractivity contribution < 1.29 is 14.4 Å². The van der Waals surface area contributed by atoms with Gasteiger partial charge in [-0.2, -0.15) is 0 Å². The van der Waals surface area contributed by atoms with E-state index in [1.165, 1.54) is 11.3 Å². The molecule has 4 aromatic carbocycles. The third-order valence-corrected chi connectivity index (χ3v) is 10.4. The number of nitrogens with one attached hydrogen (secondary N) is 2. The van der Waals surface area contributed by atoms with Crippen molar-refractivity contribution in [1.29, 1.82) is 0 Å². The van der Waals surface area contributed by atoms with Crippen molar-refractivity contribution in [3.05, 3.63) is 113 Å². The third-order valence-electron chi connectivity index (χ3n) is 10.2. The zero-order valence-corrected chi connectivity index (χ0v) is 28.7. The van der Waals surface area contributed by atoms with Crippen LogP contribution in [0.2, 0.25) is 5.02 Å². The molecule has 2 fully saturated rings. The molecule has 9 heteroatoms. The van der Waals surface area contributed by atoms with Gasteiger partial charge >= 0.3 is 0 Å². The summed E-state index contributed by atoms with van der Waals surface area (Å²) in [5.74, 6) is -0.567. The van der Waals surface area contributed by atoms with Crippen molar-refractivity contribution in [3.8, 4) is 11.1 Å². The van der Waals surface area contributed by atoms with Crippen molar-refractivity contribution in [2.45, 2.75) is 57.7 Å². The van der Waals surface area contributed by atoms with Crippen molar-refractivity contribution >= 4 is 46.4 Å². The summed E-state index contributed by atoms with van der Waals surface area (Å²) in [5.41, 5.74) is 8.76. The van der Waals surface area contributed by atoms with E-state index in [9.17, 15) is 14.4 Å². The molecule has 2 N–H and O–H groups in total. The van der Waals surface area contributed by atoms with E-state index in [4.69, 9.17) is 11.6 Å². The van der Waals surface area contributed by atoms with E-state index in [1.807, 2.05) is 41.3 Å². The van der Waals surface area contributed by atoms with Crippen LogP contribution in [0.15, 0.2) is 91.0 Å². The molecule has 3 amide bonds. The Morgan fingerprint density at radius 2 is 1.57 bits per heavy atom. The Kier molecular flexibility index (Phi) is 9.43. The lowest BCUT2D eigenvalue weighted by molar-refractivity contribution is -0.134. The molecule has 2 saturated heterocycles. The summed E-state index contributed by atoms with van der Waals surface area (Å²) < 4.78 is 0. The molecule has 49 heavy (non-hydrogen) atoms. The number of imide groups is 1. The third kappa shape index (κ3) is 7.21. The Bertz CT molecular complexity index is 1840. The van der Waals surface area contributed by atoms with Crippen LogP contribution in [0.1, 0.15) is 61.8 Å². The van der Waals surface area contributed by atoms with Gasteiger partial charge in [-0.25, -0.2) is 0 Å². The van der Waals surface area contributed by atoms with Gasteiger partial charge in [0.15, 0.2) is 0 Å². The summed E-state index contributed by atoms with van der Waals surface area (Å²) in [6, 6.07) is 31.5. The molecule has 3 heterocycles. The molecular weight excluding hydrogens is 634 g/mol. The van der Waals surface area contributed by atoms with E-state index < -0.39 is 0 Å². The number of carbonyl (C=O) groups excluding carboxylic acids is 3. The Morgan fingerprint density at radius 3 is 2.24 bits per heavy atom. The van der Waals surface area contributed by atoms with Gasteiger partial charge in [0.2, 0.25) is 17.7 Å². The second-order valence-corrected chi connectivity index (χ2v) is 13.9. The molecule has 252 valence electrons. The minimum absolute atomic E-state index is 0.0542. The molecule has 7 rings (SSSR count). The normalized spacial score (nSPS) is 21.2. The summed E-state index contributed by atoms with van der Waals surface area (Å²) in [6.07, 6.45) is 1.77. The van der Waals surface area contributed by atoms with Gasteiger partial charge in [-0.1, -0.05) is 54.1 Å². The Labute approximate surface area is 293 Å². The number of hydrogen-bond acceptors (Lipinski definition) is 6. The number of piperazine rings is 1. The first-order chi connectivity index (χ1) is 23.7. The molecule has 0 aromatic heterocycles. The largest absolute Gasteiger partial charge is 0.378 e. The topological polar surface area (TPSA) is 85.0 Å². The fourth-order valence-electron chi connectivity index (χ4n) is 7.56. The van der Waals surface area contributed by atoms with Gasteiger partial charge in [-0.05, 0) is 96.1 Å². The summed E-state index contributed by atoms with van der Waals surface area (Å²) in [7, 11) is 0. The van der Waals surface area contributed by atoms with Gasteiger partial charge in [0.1, 0.15) is 0 Å². The lowest BCUT2D eigenvalue weighted by Gasteiger charge is -2.40. The van der Waals surface area contributed by atoms with Crippen LogP contribution in [0.3, 0.4) is 0 Å². The Hall–Kier alpha value is -4.66. The molecule has 8 nitrogen and oxygen atoms in total. The average Bonchev–Trinajstić information content (AvgIpc) is 3.10. The summed E-state index contributed by atoms with van der Waals surface area (Å²) in [5, 5.41) is 6.85. The van der Waals surface area contributed by atoms with E-state index >= 15 is 0 Å². The van der Waals surface area contributed by atoms with Gasteiger partial charge in [0, 0.05) is 74.2 Å². The number of nitrogens with zero attached hydrogens (tertiary/aromatic N) is 3. The molecule has 3 aliphatic rings. The standard InChI is InChI=1S/C40H42ClN5O3/c1-26-23-37(42-33-12-10-32(41)11-13-33)36-24-31(9-17-38(36)46(26)27(2)47)29-7-14-34(15-8-29)45-21-19-44(20-22-45)25-28-3-5-30(6-4-28)35-16-18-39(48)43-40(35)49/h3-15,17,24,26,35,37,42H,16,18-23,25H2,1-2H3,(H,43,48,49). The predicted octanol–water partition coefficient (Wildman–Crippen LogP) is 7.15. The fourth-order valence-corrected chi connectivity index (χ4v) is 7.69. The first kappa shape index (κ1) is 32.9. The summed E-state index contributed by atoms with van der Waals surface area (Å²) in [6.45, 7) is 8.45. The molecule has 0 saturated carbocycles. The smallest absolute Gasteiger partial charge is 0.234 e. The molecule has 3 aliphatic heterocycles. The van der Waals surface area contributed by atoms with E-state index in [1.54, 1.807) is 6.92 Å². The van der Waals surface area contributed by atoms with Crippen LogP contribution in [-0.2, 0) is 20.9 Å². The lowest BCUT2D eigenvalue weighted by atomic mass is 9.89. The zero-order chi connectivity index (χ0) is 34.1. The lowest BCUT2D eigenvalue weighted by Crippen LogP contribution is -2.45. The predicted molar refractivity (Wildman–Crippen MR) is 196 cm³/mol. The maximum absolute atomic E-state index is 12.7. The molecule has 0 bridgehead atoms. The average molecular weight is 676 g/mol. The second kappa shape index (κ2) is 14.1. The van der Waals surface area contributed by atoms with E-state index in [0.717, 1.165) is 72.8 Å². The highest BCUT2D eigenvalue weighted by atomic mass is 35.5. The Balaban J connectivity index is 0.995. The number of rotatable bonds is 7. The zero-order valence-electron chi connectivity index (χ0n) is 28.0.